The zero-order valence-corrected chi connectivity index (χ0v) is 19.8. The molecule has 1 aliphatic carbocycles. The van der Waals surface area contributed by atoms with Crippen molar-refractivity contribution >= 4 is 49.7 Å². The molecule has 1 atom stereocenters. The number of aromatic nitrogens is 2. The van der Waals surface area contributed by atoms with Gasteiger partial charge in [0.1, 0.15) is 10.7 Å². The van der Waals surface area contributed by atoms with E-state index in [2.05, 4.69) is 20.1 Å². The van der Waals surface area contributed by atoms with Gasteiger partial charge in [-0.05, 0) is 48.6 Å². The van der Waals surface area contributed by atoms with Crippen LogP contribution in [-0.4, -0.2) is 30.5 Å². The van der Waals surface area contributed by atoms with Crippen LogP contribution in [0.4, 0.5) is 28.4 Å². The fraction of sp³-hybridized carbons (Fsp3) is 0.250. The molecule has 1 aromatic carbocycles. The summed E-state index contributed by atoms with van der Waals surface area (Å²) in [5.74, 6) is -4.15. The van der Waals surface area contributed by atoms with Gasteiger partial charge in [0.25, 0.3) is 0 Å². The first-order chi connectivity index (χ1) is 16.5. The number of carbonyl (C=O) groups is 1. The number of rotatable bonds is 6. The lowest BCUT2D eigenvalue weighted by Gasteiger charge is -2.27. The molecule has 1 aliphatic rings. The Kier molecular flexibility index (Phi) is 6.88. The number of nitrogens with one attached hydrogen (secondary N) is 1. The summed E-state index contributed by atoms with van der Waals surface area (Å²) >= 11 is 6.79. The summed E-state index contributed by atoms with van der Waals surface area (Å²) in [6.07, 6.45) is 1.25. The molecule has 0 spiro atoms. The van der Waals surface area contributed by atoms with Crippen molar-refractivity contribution in [1.29, 1.82) is 0 Å². The summed E-state index contributed by atoms with van der Waals surface area (Å²) in [5.41, 5.74) is 2.02. The van der Waals surface area contributed by atoms with E-state index in [1.165, 1.54) is 5.38 Å². The molecule has 0 aliphatic heterocycles. The molecule has 0 saturated carbocycles. The first-order valence-corrected chi connectivity index (χ1v) is 12.6. The fourth-order valence-electron chi connectivity index (χ4n) is 3.53. The van der Waals surface area contributed by atoms with Crippen molar-refractivity contribution < 1.29 is 35.6 Å². The highest BCUT2D eigenvalue weighted by Crippen LogP contribution is 2.37. The molecule has 186 valence electrons. The maximum atomic E-state index is 15.1. The van der Waals surface area contributed by atoms with E-state index < -0.39 is 38.0 Å². The van der Waals surface area contributed by atoms with Crippen LogP contribution in [0.2, 0.25) is 5.02 Å². The Labute approximate surface area is 205 Å². The zero-order valence-electron chi connectivity index (χ0n) is 17.4. The summed E-state index contributed by atoms with van der Waals surface area (Å²) in [4.78, 5) is 22.0. The summed E-state index contributed by atoms with van der Waals surface area (Å²) in [6, 6.07) is 3.11. The molecule has 0 bridgehead atoms. The van der Waals surface area contributed by atoms with Crippen molar-refractivity contribution in [3.8, 4) is 0 Å². The number of fused-ring (bicyclic) bond motifs is 1. The van der Waals surface area contributed by atoms with Crippen LogP contribution in [-0.2, 0) is 26.1 Å². The third-order valence-electron chi connectivity index (χ3n) is 5.08. The molecule has 8 nitrogen and oxygen atoms in total. The summed E-state index contributed by atoms with van der Waals surface area (Å²) in [7, 11) is -5.19. The van der Waals surface area contributed by atoms with Gasteiger partial charge >= 0.3 is 22.2 Å². The molecule has 3 aromatic rings. The van der Waals surface area contributed by atoms with E-state index in [1.807, 2.05) is 6.07 Å². The average Bonchev–Trinajstić information content (AvgIpc) is 3.33. The van der Waals surface area contributed by atoms with Crippen molar-refractivity contribution in [2.75, 3.05) is 9.79 Å². The lowest BCUT2D eigenvalue weighted by molar-refractivity contribution is -0.199. The number of anilines is 2. The minimum atomic E-state index is -5.51. The highest BCUT2D eigenvalue weighted by molar-refractivity contribution is 7.92. The molecular weight excluding hydrogens is 536 g/mol. The number of thiazole rings is 1. The molecule has 35 heavy (non-hydrogen) atoms. The standard InChI is InChI=1S/C20H15ClF4N4O4S2/c21-13-8-17(35(31,32)29(19-27-6-7-34-19)33-18(30)20(23,24)25)14(22)9-16(13)28-15-3-1-2-11-10-26-5-4-12(11)15/h4-10,15,28H,1-3H2. The van der Waals surface area contributed by atoms with Crippen LogP contribution in [0.1, 0.15) is 30.0 Å². The number of hydrogen-bond acceptors (Lipinski definition) is 8. The molecule has 4 rings (SSSR count). The molecule has 2 aromatic heterocycles. The van der Waals surface area contributed by atoms with E-state index in [1.54, 1.807) is 12.4 Å². The van der Waals surface area contributed by atoms with Gasteiger partial charge in [-0.1, -0.05) is 16.1 Å². The summed E-state index contributed by atoms with van der Waals surface area (Å²) in [6.45, 7) is 0. The van der Waals surface area contributed by atoms with E-state index in [0.717, 1.165) is 42.3 Å². The van der Waals surface area contributed by atoms with Gasteiger partial charge < -0.3 is 10.2 Å². The lowest BCUT2D eigenvalue weighted by Crippen LogP contribution is -2.39. The minimum absolute atomic E-state index is 0.0749. The first-order valence-electron chi connectivity index (χ1n) is 9.91. The van der Waals surface area contributed by atoms with Crippen molar-refractivity contribution in [2.24, 2.45) is 0 Å². The molecule has 1 N–H and O–H groups in total. The van der Waals surface area contributed by atoms with E-state index in [-0.39, 0.29) is 21.2 Å². The molecule has 2 heterocycles. The van der Waals surface area contributed by atoms with E-state index in [9.17, 15) is 26.4 Å². The largest absolute Gasteiger partial charge is 0.493 e. The highest BCUT2D eigenvalue weighted by Gasteiger charge is 2.46. The predicted molar refractivity (Wildman–Crippen MR) is 119 cm³/mol. The van der Waals surface area contributed by atoms with Crippen LogP contribution >= 0.6 is 22.9 Å². The molecule has 1 unspecified atom stereocenters. The fourth-order valence-corrected chi connectivity index (χ4v) is 5.89. The third kappa shape index (κ3) is 5.18. The maximum absolute atomic E-state index is 15.1. The smallest absolute Gasteiger partial charge is 0.377 e. The van der Waals surface area contributed by atoms with Gasteiger partial charge in [0.15, 0.2) is 0 Å². The Bertz CT molecular complexity index is 1350. The monoisotopic (exact) mass is 550 g/mol. The van der Waals surface area contributed by atoms with Crippen molar-refractivity contribution in [3.05, 3.63) is 64.1 Å². The van der Waals surface area contributed by atoms with Crippen LogP contribution in [0.15, 0.2) is 47.1 Å². The van der Waals surface area contributed by atoms with Crippen LogP contribution < -0.4 is 9.79 Å². The highest BCUT2D eigenvalue weighted by atomic mass is 35.5. The second-order valence-corrected chi connectivity index (χ2v) is 10.4. The van der Waals surface area contributed by atoms with Gasteiger partial charge in [-0.2, -0.15) is 21.6 Å². The third-order valence-corrected chi connectivity index (χ3v) is 7.80. The number of benzene rings is 1. The summed E-state index contributed by atoms with van der Waals surface area (Å²) < 4.78 is 79.0. The van der Waals surface area contributed by atoms with E-state index >= 15 is 4.39 Å². The number of hydrogen-bond donors (Lipinski definition) is 1. The Hall–Kier alpha value is -2.97. The van der Waals surface area contributed by atoms with Crippen LogP contribution in [0.25, 0.3) is 0 Å². The SMILES string of the molecule is O=C(ON(c1nccs1)S(=O)(=O)c1cc(Cl)c(NC2CCCc3cnccc32)cc1F)C(F)(F)F. The normalized spacial score (nSPS) is 15.9. The number of aryl methyl sites for hydroxylation is 1. The lowest BCUT2D eigenvalue weighted by atomic mass is 9.89. The van der Waals surface area contributed by atoms with Crippen molar-refractivity contribution in [2.45, 2.75) is 36.4 Å². The van der Waals surface area contributed by atoms with Crippen molar-refractivity contribution in [3.63, 3.8) is 0 Å². The Morgan fingerprint density at radius 3 is 2.74 bits per heavy atom. The van der Waals surface area contributed by atoms with Gasteiger partial charge in [0.2, 0.25) is 5.13 Å². The van der Waals surface area contributed by atoms with Gasteiger partial charge in [0.05, 0.1) is 16.8 Å². The maximum Gasteiger partial charge on any atom is 0.493 e. The van der Waals surface area contributed by atoms with Gasteiger partial charge in [0, 0.05) is 24.0 Å². The molecular formula is C20H15ClF4N4O4S2. The zero-order chi connectivity index (χ0) is 25.4. The molecule has 0 fully saturated rings. The number of pyridine rings is 1. The molecule has 0 amide bonds. The van der Waals surface area contributed by atoms with Crippen molar-refractivity contribution in [1.82, 2.24) is 9.97 Å². The summed E-state index contributed by atoms with van der Waals surface area (Å²) in [5, 5.41) is 3.45. The number of halogens is 5. The topological polar surface area (TPSA) is 101 Å². The van der Waals surface area contributed by atoms with Gasteiger partial charge in [-0.25, -0.2) is 14.2 Å². The predicted octanol–water partition coefficient (Wildman–Crippen LogP) is 5.04. The Balaban J connectivity index is 1.68. The number of sulfonamides is 1. The second kappa shape index (κ2) is 9.59. The van der Waals surface area contributed by atoms with Gasteiger partial charge in [-0.3, -0.25) is 4.98 Å². The average molecular weight is 551 g/mol. The second-order valence-electron chi connectivity index (χ2n) is 7.35. The number of alkyl halides is 3. The number of nitrogens with zero attached hydrogens (tertiary/aromatic N) is 3. The minimum Gasteiger partial charge on any atom is -0.377 e. The molecule has 15 heteroatoms. The Morgan fingerprint density at radius 2 is 2.06 bits per heavy atom. The van der Waals surface area contributed by atoms with E-state index in [0.29, 0.717) is 17.8 Å². The number of carbonyl (C=O) groups excluding carboxylic acids is 1. The van der Waals surface area contributed by atoms with Crippen LogP contribution in [0.3, 0.4) is 0 Å². The van der Waals surface area contributed by atoms with Crippen LogP contribution in [0.5, 0.6) is 0 Å². The molecule has 0 saturated heterocycles. The van der Waals surface area contributed by atoms with E-state index in [4.69, 9.17) is 11.6 Å². The van der Waals surface area contributed by atoms with Gasteiger partial charge in [-0.15, -0.1) is 11.3 Å². The molecule has 0 radical (unpaired) electrons. The first kappa shape index (κ1) is 25.1. The quantitative estimate of drug-likeness (QED) is 0.339. The Morgan fingerprint density at radius 1 is 1.29 bits per heavy atom. The van der Waals surface area contributed by atoms with Crippen LogP contribution in [0, 0.1) is 5.82 Å².